The van der Waals surface area contributed by atoms with E-state index in [0.29, 0.717) is 12.6 Å². The van der Waals surface area contributed by atoms with Crippen molar-refractivity contribution in [3.63, 3.8) is 0 Å². The van der Waals surface area contributed by atoms with Crippen LogP contribution in [0.3, 0.4) is 0 Å². The summed E-state index contributed by atoms with van der Waals surface area (Å²) in [6.45, 7) is 2.59. The molecule has 1 aliphatic heterocycles. The van der Waals surface area contributed by atoms with E-state index in [0.717, 1.165) is 43.1 Å². The highest BCUT2D eigenvalue weighted by Crippen LogP contribution is 2.20. The van der Waals surface area contributed by atoms with Gasteiger partial charge in [0.05, 0.1) is 4.92 Å². The lowest BCUT2D eigenvalue weighted by Crippen LogP contribution is -2.41. The van der Waals surface area contributed by atoms with Gasteiger partial charge < -0.3 is 10.2 Å². The molecule has 2 aromatic rings. The number of nitrogens with one attached hydrogen (secondary N) is 1. The summed E-state index contributed by atoms with van der Waals surface area (Å²) in [7, 11) is 3.90. The molecule has 1 aromatic heterocycles. The Morgan fingerprint density at radius 1 is 1.35 bits per heavy atom. The van der Waals surface area contributed by atoms with Crippen molar-refractivity contribution in [2.75, 3.05) is 37.4 Å². The minimum Gasteiger partial charge on any atom is -0.366 e. The topological polar surface area (TPSA) is 87.4 Å². The Bertz CT molecular complexity index is 767. The highest BCUT2D eigenvalue weighted by Gasteiger charge is 2.21. The summed E-state index contributed by atoms with van der Waals surface area (Å²) in [6.07, 6.45) is 3.73. The summed E-state index contributed by atoms with van der Waals surface area (Å²) in [5.74, 6) is 1.69. The van der Waals surface area contributed by atoms with Crippen molar-refractivity contribution >= 4 is 17.3 Å². The fraction of sp³-hybridized carbons (Fsp3) is 0.444. The molecule has 8 heteroatoms. The van der Waals surface area contributed by atoms with Crippen molar-refractivity contribution in [1.29, 1.82) is 0 Å². The molecule has 1 aromatic carbocycles. The molecule has 1 aliphatic rings. The lowest BCUT2D eigenvalue weighted by molar-refractivity contribution is -0.384. The Morgan fingerprint density at radius 3 is 2.96 bits per heavy atom. The average molecular weight is 356 g/mol. The van der Waals surface area contributed by atoms with Crippen LogP contribution < -0.4 is 10.2 Å². The second-order valence-corrected chi connectivity index (χ2v) is 6.80. The van der Waals surface area contributed by atoms with Gasteiger partial charge in [-0.05, 0) is 24.9 Å². The van der Waals surface area contributed by atoms with Crippen molar-refractivity contribution < 1.29 is 4.92 Å². The van der Waals surface area contributed by atoms with E-state index in [9.17, 15) is 10.1 Å². The molecular weight excluding hydrogens is 332 g/mol. The molecule has 1 saturated heterocycles. The van der Waals surface area contributed by atoms with Crippen LogP contribution in [0.4, 0.5) is 17.3 Å². The Labute approximate surface area is 153 Å². The summed E-state index contributed by atoms with van der Waals surface area (Å²) < 4.78 is 0. The number of hydrogen-bond acceptors (Lipinski definition) is 7. The summed E-state index contributed by atoms with van der Waals surface area (Å²) >= 11 is 0. The van der Waals surface area contributed by atoms with E-state index in [1.807, 2.05) is 31.1 Å². The second-order valence-electron chi connectivity index (χ2n) is 6.80. The number of nitro groups is 1. The van der Waals surface area contributed by atoms with E-state index in [1.54, 1.807) is 18.5 Å². The van der Waals surface area contributed by atoms with Crippen LogP contribution in [0.15, 0.2) is 36.7 Å². The largest absolute Gasteiger partial charge is 0.366 e. The molecule has 3 rings (SSSR count). The van der Waals surface area contributed by atoms with E-state index in [1.165, 1.54) is 6.07 Å². The minimum absolute atomic E-state index is 0.145. The third kappa shape index (κ3) is 4.66. The number of benzene rings is 1. The lowest BCUT2D eigenvalue weighted by atomic mass is 10.0. The second kappa shape index (κ2) is 8.09. The predicted molar refractivity (Wildman–Crippen MR) is 101 cm³/mol. The summed E-state index contributed by atoms with van der Waals surface area (Å²) in [4.78, 5) is 23.4. The molecule has 0 radical (unpaired) electrons. The molecule has 1 atom stereocenters. The first kappa shape index (κ1) is 18.1. The molecule has 0 saturated carbocycles. The van der Waals surface area contributed by atoms with E-state index in [-0.39, 0.29) is 10.6 Å². The first-order valence-electron chi connectivity index (χ1n) is 8.73. The summed E-state index contributed by atoms with van der Waals surface area (Å²) in [5, 5.41) is 14.4. The molecule has 1 N–H and O–H groups in total. The molecule has 26 heavy (non-hydrogen) atoms. The average Bonchev–Trinajstić information content (AvgIpc) is 2.62. The van der Waals surface area contributed by atoms with Gasteiger partial charge in [0.1, 0.15) is 18.0 Å². The first-order chi connectivity index (χ1) is 12.5. The molecular formula is C18H24N6O2. The van der Waals surface area contributed by atoms with E-state index in [2.05, 4.69) is 20.2 Å². The standard InChI is InChI=1S/C18H24N6O2/c1-22(2)18-10-17(19-13-20-18)21-15-6-4-8-23(12-15)11-14-5-3-7-16(9-14)24(25)26/h3,5,7,9-10,13,15H,4,6,8,11-12H2,1-2H3,(H,19,20,21). The van der Waals surface area contributed by atoms with Crippen LogP contribution in [0.1, 0.15) is 18.4 Å². The Morgan fingerprint density at radius 2 is 2.19 bits per heavy atom. The molecule has 0 spiro atoms. The lowest BCUT2D eigenvalue weighted by Gasteiger charge is -2.33. The molecule has 2 heterocycles. The van der Waals surface area contributed by atoms with Gasteiger partial charge in [-0.1, -0.05) is 12.1 Å². The zero-order valence-corrected chi connectivity index (χ0v) is 15.1. The number of nitro benzene ring substituents is 1. The maximum atomic E-state index is 10.9. The third-order valence-electron chi connectivity index (χ3n) is 4.50. The number of piperidine rings is 1. The fourth-order valence-corrected chi connectivity index (χ4v) is 3.22. The van der Waals surface area contributed by atoms with Crippen LogP contribution >= 0.6 is 0 Å². The Hall–Kier alpha value is -2.74. The highest BCUT2D eigenvalue weighted by atomic mass is 16.6. The maximum Gasteiger partial charge on any atom is 0.269 e. The van der Waals surface area contributed by atoms with Crippen molar-refractivity contribution in [2.24, 2.45) is 0 Å². The van der Waals surface area contributed by atoms with Gasteiger partial charge in [0.15, 0.2) is 0 Å². The number of anilines is 2. The van der Waals surface area contributed by atoms with E-state index < -0.39 is 0 Å². The number of non-ortho nitro benzene ring substituents is 1. The summed E-state index contributed by atoms with van der Waals surface area (Å²) in [5.41, 5.74) is 1.11. The van der Waals surface area contributed by atoms with E-state index in [4.69, 9.17) is 0 Å². The van der Waals surface area contributed by atoms with Crippen LogP contribution in [0.25, 0.3) is 0 Å². The Kier molecular flexibility index (Phi) is 5.62. The molecule has 138 valence electrons. The maximum absolute atomic E-state index is 10.9. The monoisotopic (exact) mass is 356 g/mol. The van der Waals surface area contributed by atoms with Gasteiger partial charge in [0.2, 0.25) is 0 Å². The third-order valence-corrected chi connectivity index (χ3v) is 4.50. The predicted octanol–water partition coefficient (Wildman–Crippen LogP) is 2.53. The van der Waals surface area contributed by atoms with Crippen molar-refractivity contribution in [3.8, 4) is 0 Å². The molecule has 1 fully saturated rings. The summed E-state index contributed by atoms with van der Waals surface area (Å²) in [6, 6.07) is 9.12. The Balaban J connectivity index is 1.61. The van der Waals surface area contributed by atoms with Crippen LogP contribution in [-0.4, -0.2) is 53.0 Å². The van der Waals surface area contributed by atoms with Gasteiger partial charge in [0, 0.05) is 51.4 Å². The van der Waals surface area contributed by atoms with Crippen LogP contribution in [0.2, 0.25) is 0 Å². The zero-order chi connectivity index (χ0) is 18.5. The number of nitrogens with zero attached hydrogens (tertiary/aromatic N) is 5. The smallest absolute Gasteiger partial charge is 0.269 e. The highest BCUT2D eigenvalue weighted by molar-refractivity contribution is 5.48. The van der Waals surface area contributed by atoms with Gasteiger partial charge in [-0.15, -0.1) is 0 Å². The minimum atomic E-state index is -0.346. The van der Waals surface area contributed by atoms with Crippen molar-refractivity contribution in [2.45, 2.75) is 25.4 Å². The molecule has 0 amide bonds. The SMILES string of the molecule is CN(C)c1cc(NC2CCCN(Cc3cccc([N+](=O)[O-])c3)C2)ncn1. The van der Waals surface area contributed by atoms with E-state index >= 15 is 0 Å². The normalized spacial score (nSPS) is 17.7. The molecule has 8 nitrogen and oxygen atoms in total. The van der Waals surface area contributed by atoms with Gasteiger partial charge in [0.25, 0.3) is 5.69 Å². The molecule has 0 bridgehead atoms. The van der Waals surface area contributed by atoms with Gasteiger partial charge in [-0.3, -0.25) is 15.0 Å². The zero-order valence-electron chi connectivity index (χ0n) is 15.1. The number of hydrogen-bond donors (Lipinski definition) is 1. The van der Waals surface area contributed by atoms with Gasteiger partial charge in [-0.25, -0.2) is 9.97 Å². The van der Waals surface area contributed by atoms with Crippen LogP contribution in [-0.2, 0) is 6.54 Å². The van der Waals surface area contributed by atoms with Crippen molar-refractivity contribution in [1.82, 2.24) is 14.9 Å². The first-order valence-corrected chi connectivity index (χ1v) is 8.73. The van der Waals surface area contributed by atoms with Gasteiger partial charge >= 0.3 is 0 Å². The molecule has 1 unspecified atom stereocenters. The van der Waals surface area contributed by atoms with Crippen molar-refractivity contribution in [3.05, 3.63) is 52.3 Å². The number of rotatable bonds is 6. The quantitative estimate of drug-likeness (QED) is 0.628. The van der Waals surface area contributed by atoms with Crippen LogP contribution in [0, 0.1) is 10.1 Å². The molecule has 0 aliphatic carbocycles. The number of aromatic nitrogens is 2. The fourth-order valence-electron chi connectivity index (χ4n) is 3.22. The van der Waals surface area contributed by atoms with Gasteiger partial charge in [-0.2, -0.15) is 0 Å². The number of likely N-dealkylation sites (tertiary alicyclic amines) is 1. The van der Waals surface area contributed by atoms with Crippen LogP contribution in [0.5, 0.6) is 0 Å².